The topological polar surface area (TPSA) is 95.1 Å². The average Bonchev–Trinajstić information content (AvgIpc) is 2.80. The number of nitrogens with one attached hydrogen (secondary N) is 2. The fraction of sp³-hybridized carbons (Fsp3) is 0.0800. The molecule has 0 unspecified atom stereocenters. The number of amides is 1. The van der Waals surface area contributed by atoms with Crippen LogP contribution < -0.4 is 11.0 Å². The number of hydrogen-bond donors (Lipinski definition) is 3. The van der Waals surface area contributed by atoms with Gasteiger partial charge in [-0.2, -0.15) is 4.98 Å². The molecule has 3 aromatic carbocycles. The minimum Gasteiger partial charge on any atom is -0.508 e. The summed E-state index contributed by atoms with van der Waals surface area (Å²) in [7, 11) is 0. The normalized spacial score (nSPS) is 10.7. The molecular weight excluding hydrogens is 426 g/mol. The lowest BCUT2D eigenvalue weighted by atomic mass is 10.0. The average molecular weight is 446 g/mol. The van der Waals surface area contributed by atoms with Crippen LogP contribution in [0.3, 0.4) is 0 Å². The molecule has 0 bridgehead atoms. The fourth-order valence-electron chi connectivity index (χ4n) is 3.30. The number of phenolic OH excluding ortho intramolecular Hbond substituents is 1. The van der Waals surface area contributed by atoms with E-state index in [4.69, 9.17) is 11.6 Å². The number of phenols is 1. The van der Waals surface area contributed by atoms with Crippen LogP contribution in [0.4, 0.5) is 0 Å². The lowest BCUT2D eigenvalue weighted by Crippen LogP contribution is -2.22. The molecule has 0 aliphatic rings. The van der Waals surface area contributed by atoms with Crippen molar-refractivity contribution < 1.29 is 9.90 Å². The van der Waals surface area contributed by atoms with Gasteiger partial charge in [0.2, 0.25) is 0 Å². The predicted molar refractivity (Wildman–Crippen MR) is 125 cm³/mol. The third-order valence-corrected chi connectivity index (χ3v) is 5.46. The molecule has 1 amide bonds. The van der Waals surface area contributed by atoms with Gasteiger partial charge in [-0.3, -0.25) is 4.79 Å². The van der Waals surface area contributed by atoms with E-state index in [1.54, 1.807) is 61.5 Å². The van der Waals surface area contributed by atoms with Gasteiger partial charge in [0.1, 0.15) is 5.75 Å². The number of nitrogens with zero attached hydrogens (tertiary/aromatic N) is 1. The van der Waals surface area contributed by atoms with Crippen molar-refractivity contribution in [2.24, 2.45) is 0 Å². The van der Waals surface area contributed by atoms with Gasteiger partial charge in [0, 0.05) is 22.7 Å². The maximum atomic E-state index is 12.5. The van der Waals surface area contributed by atoms with Crippen LogP contribution in [-0.4, -0.2) is 21.0 Å². The van der Waals surface area contributed by atoms with Gasteiger partial charge in [-0.1, -0.05) is 41.9 Å². The Morgan fingerprint density at radius 1 is 1.03 bits per heavy atom. The van der Waals surface area contributed by atoms with Gasteiger partial charge in [0.15, 0.2) is 0 Å². The van der Waals surface area contributed by atoms with Crippen molar-refractivity contribution in [2.75, 3.05) is 0 Å². The number of hydrogen-bond acceptors (Lipinski definition) is 4. The van der Waals surface area contributed by atoms with Crippen molar-refractivity contribution in [3.8, 4) is 28.3 Å². The quantitative estimate of drug-likeness (QED) is 0.415. The second kappa shape index (κ2) is 9.08. The molecule has 32 heavy (non-hydrogen) atoms. The molecule has 0 saturated carbocycles. The van der Waals surface area contributed by atoms with Crippen LogP contribution in [0.15, 0.2) is 77.6 Å². The van der Waals surface area contributed by atoms with E-state index in [2.05, 4.69) is 15.3 Å². The molecule has 4 rings (SSSR count). The first-order valence-corrected chi connectivity index (χ1v) is 10.3. The number of benzene rings is 3. The van der Waals surface area contributed by atoms with E-state index in [1.165, 1.54) is 0 Å². The number of aromatic amines is 1. The second-order valence-electron chi connectivity index (χ2n) is 7.34. The highest BCUT2D eigenvalue weighted by atomic mass is 35.5. The summed E-state index contributed by atoms with van der Waals surface area (Å²) in [6, 6.07) is 21.1. The van der Waals surface area contributed by atoms with Crippen LogP contribution in [0.2, 0.25) is 5.02 Å². The van der Waals surface area contributed by atoms with Crippen LogP contribution >= 0.6 is 11.6 Å². The molecule has 0 aliphatic carbocycles. The highest BCUT2D eigenvalue weighted by Crippen LogP contribution is 2.26. The molecule has 0 spiro atoms. The number of aromatic nitrogens is 2. The summed E-state index contributed by atoms with van der Waals surface area (Å²) in [5, 5.41) is 13.2. The Morgan fingerprint density at radius 2 is 1.75 bits per heavy atom. The highest BCUT2D eigenvalue weighted by Gasteiger charge is 2.10. The molecule has 7 heteroatoms. The number of H-pyrrole nitrogens is 1. The van der Waals surface area contributed by atoms with E-state index < -0.39 is 5.69 Å². The third kappa shape index (κ3) is 4.71. The van der Waals surface area contributed by atoms with Crippen LogP contribution in [-0.2, 0) is 6.54 Å². The predicted octanol–water partition coefficient (Wildman–Crippen LogP) is 4.70. The summed E-state index contributed by atoms with van der Waals surface area (Å²) in [5.74, 6) is -0.0397. The van der Waals surface area contributed by atoms with Gasteiger partial charge in [-0.05, 0) is 66.1 Å². The van der Waals surface area contributed by atoms with Crippen molar-refractivity contribution in [3.63, 3.8) is 0 Å². The van der Waals surface area contributed by atoms with Gasteiger partial charge in [-0.25, -0.2) is 4.79 Å². The van der Waals surface area contributed by atoms with Gasteiger partial charge in [0.05, 0.1) is 11.4 Å². The first kappa shape index (κ1) is 21.3. The van der Waals surface area contributed by atoms with Crippen LogP contribution in [0.5, 0.6) is 5.75 Å². The van der Waals surface area contributed by atoms with Crippen LogP contribution in [0, 0.1) is 6.92 Å². The highest BCUT2D eigenvalue weighted by molar-refractivity contribution is 6.31. The molecule has 0 fully saturated rings. The Balaban J connectivity index is 1.54. The fourth-order valence-corrected chi connectivity index (χ4v) is 3.50. The Labute approximate surface area is 189 Å². The number of halogens is 1. The summed E-state index contributed by atoms with van der Waals surface area (Å²) in [6.45, 7) is 2.11. The molecule has 1 heterocycles. The molecule has 0 aliphatic heterocycles. The smallest absolute Gasteiger partial charge is 0.345 e. The van der Waals surface area contributed by atoms with Crippen molar-refractivity contribution in [1.29, 1.82) is 0 Å². The zero-order chi connectivity index (χ0) is 22.7. The molecule has 0 saturated heterocycles. The molecule has 3 N–H and O–H groups in total. The maximum absolute atomic E-state index is 12.5. The molecule has 6 nitrogen and oxygen atoms in total. The minimum absolute atomic E-state index is 0.183. The Morgan fingerprint density at radius 3 is 2.47 bits per heavy atom. The van der Waals surface area contributed by atoms with Crippen molar-refractivity contribution in [3.05, 3.63) is 105 Å². The molecule has 160 valence electrons. The van der Waals surface area contributed by atoms with E-state index in [9.17, 15) is 14.7 Å². The summed E-state index contributed by atoms with van der Waals surface area (Å²) in [5.41, 5.74) is 4.08. The Bertz CT molecular complexity index is 1350. The number of carbonyl (C=O) groups is 1. The standard InChI is InChI=1S/C25H20ClN3O3/c1-15-12-18(10-11-23(15)30)22-13-21(28-25(32)29-22)16-6-8-17(9-7-16)24(31)27-14-19-4-2-3-5-20(19)26/h2-13,30H,14H2,1H3,(H,27,31)(H,28,29,32). The van der Waals surface area contributed by atoms with Gasteiger partial charge < -0.3 is 15.4 Å². The van der Waals surface area contributed by atoms with Crippen molar-refractivity contribution in [1.82, 2.24) is 15.3 Å². The zero-order valence-corrected chi connectivity index (χ0v) is 18.0. The Kier molecular flexibility index (Phi) is 6.05. The first-order valence-electron chi connectivity index (χ1n) is 9.94. The molecule has 4 aromatic rings. The van der Waals surface area contributed by atoms with E-state index in [0.717, 1.165) is 16.7 Å². The van der Waals surface area contributed by atoms with Gasteiger partial charge >= 0.3 is 5.69 Å². The number of carbonyl (C=O) groups excluding carboxylic acids is 1. The molecule has 1 aromatic heterocycles. The zero-order valence-electron chi connectivity index (χ0n) is 17.2. The second-order valence-corrected chi connectivity index (χ2v) is 7.75. The number of aromatic hydroxyl groups is 1. The first-order chi connectivity index (χ1) is 15.4. The van der Waals surface area contributed by atoms with Gasteiger partial charge in [0.25, 0.3) is 5.91 Å². The number of rotatable bonds is 5. The van der Waals surface area contributed by atoms with E-state index >= 15 is 0 Å². The largest absolute Gasteiger partial charge is 0.508 e. The summed E-state index contributed by atoms with van der Waals surface area (Å²) < 4.78 is 0. The van der Waals surface area contributed by atoms with E-state index in [0.29, 0.717) is 34.1 Å². The Hall–Kier alpha value is -3.90. The SMILES string of the molecule is Cc1cc(-c2cc(-c3ccc(C(=O)NCc4ccccc4Cl)cc3)[nH]c(=O)n2)ccc1O. The minimum atomic E-state index is -0.482. The molecular formula is C25H20ClN3O3. The van der Waals surface area contributed by atoms with Crippen molar-refractivity contribution >= 4 is 17.5 Å². The van der Waals surface area contributed by atoms with E-state index in [-0.39, 0.29) is 11.7 Å². The summed E-state index contributed by atoms with van der Waals surface area (Å²) in [6.07, 6.45) is 0. The third-order valence-electron chi connectivity index (χ3n) is 5.09. The van der Waals surface area contributed by atoms with Crippen LogP contribution in [0.25, 0.3) is 22.5 Å². The van der Waals surface area contributed by atoms with Gasteiger partial charge in [-0.15, -0.1) is 0 Å². The number of aryl methyl sites for hydroxylation is 1. The van der Waals surface area contributed by atoms with Crippen molar-refractivity contribution in [2.45, 2.75) is 13.5 Å². The molecule has 0 radical (unpaired) electrons. The lowest BCUT2D eigenvalue weighted by molar-refractivity contribution is 0.0951. The maximum Gasteiger partial charge on any atom is 0.345 e. The van der Waals surface area contributed by atoms with E-state index in [1.807, 2.05) is 18.2 Å². The van der Waals surface area contributed by atoms with Crippen LogP contribution in [0.1, 0.15) is 21.5 Å². The lowest BCUT2D eigenvalue weighted by Gasteiger charge is -2.09. The summed E-state index contributed by atoms with van der Waals surface area (Å²) in [4.78, 5) is 31.4. The summed E-state index contributed by atoms with van der Waals surface area (Å²) >= 11 is 6.13. The molecule has 0 atom stereocenters. The monoisotopic (exact) mass is 445 g/mol.